The van der Waals surface area contributed by atoms with Crippen LogP contribution in [-0.2, 0) is 4.57 Å². The van der Waals surface area contributed by atoms with E-state index in [1.54, 1.807) is 0 Å². The molecular formula is C3H10BrNO3P+. The number of hydrogen-bond donors (Lipinski definition) is 3. The minimum atomic E-state index is -2.87. The summed E-state index contributed by atoms with van der Waals surface area (Å²) in [5.74, 6) is 0. The van der Waals surface area contributed by atoms with E-state index in [-0.39, 0.29) is 0 Å². The molecule has 0 amide bonds. The Labute approximate surface area is 63.6 Å². The molecule has 0 heterocycles. The lowest BCUT2D eigenvalue weighted by Gasteiger charge is -1.92. The maximum atomic E-state index is 8.70. The van der Waals surface area contributed by atoms with Gasteiger partial charge in [-0.05, 0) is 13.8 Å². The molecule has 4 nitrogen and oxygen atoms in total. The predicted octanol–water partition coefficient (Wildman–Crippen LogP) is 0.923. The van der Waals surface area contributed by atoms with Crippen molar-refractivity contribution in [3.05, 3.63) is 0 Å². The Morgan fingerprint density at radius 1 is 1.56 bits per heavy atom. The number of hydrogen-bond acceptors (Lipinski definition) is 2. The molecule has 0 rings (SSSR count). The van der Waals surface area contributed by atoms with Gasteiger partial charge in [-0.2, -0.15) is 0 Å². The van der Waals surface area contributed by atoms with Gasteiger partial charge in [0.2, 0.25) is 0 Å². The van der Waals surface area contributed by atoms with Crippen LogP contribution in [0.4, 0.5) is 0 Å². The summed E-state index contributed by atoms with van der Waals surface area (Å²) in [7, 11) is -2.87. The Morgan fingerprint density at radius 3 is 1.67 bits per heavy atom. The maximum absolute atomic E-state index is 8.70. The average Bonchev–Trinajstić information content (AvgIpc) is 1.65. The molecular weight excluding hydrogens is 209 g/mol. The standard InChI is InChI=1S/C3H8BrN.HO3P/c1-3(2)5-4;1-4(2)3/h3,5H,1-2H3;(H-,1,2,3)/p+1. The number of rotatable bonds is 1. The van der Waals surface area contributed by atoms with E-state index in [4.69, 9.17) is 14.4 Å². The first-order valence-electron chi connectivity index (χ1n) is 2.21. The third-order valence-corrected chi connectivity index (χ3v) is 1.13. The topological polar surface area (TPSA) is 69.6 Å². The molecule has 0 bridgehead atoms. The van der Waals surface area contributed by atoms with Crippen molar-refractivity contribution in [1.29, 1.82) is 0 Å². The lowest BCUT2D eigenvalue weighted by atomic mass is 10.4. The van der Waals surface area contributed by atoms with Crippen LogP contribution in [0.2, 0.25) is 0 Å². The van der Waals surface area contributed by atoms with E-state index >= 15 is 0 Å². The van der Waals surface area contributed by atoms with Crippen molar-refractivity contribution < 1.29 is 14.4 Å². The zero-order valence-electron chi connectivity index (χ0n) is 5.21. The van der Waals surface area contributed by atoms with Crippen LogP contribution in [0.25, 0.3) is 0 Å². The Morgan fingerprint density at radius 2 is 1.67 bits per heavy atom. The van der Waals surface area contributed by atoms with Crippen molar-refractivity contribution >= 4 is 24.4 Å². The van der Waals surface area contributed by atoms with Crippen LogP contribution >= 0.6 is 24.4 Å². The number of halogens is 1. The van der Waals surface area contributed by atoms with E-state index in [1.807, 2.05) is 0 Å². The highest BCUT2D eigenvalue weighted by atomic mass is 79.9. The smallest absolute Gasteiger partial charge is 0.253 e. The van der Waals surface area contributed by atoms with Gasteiger partial charge < -0.3 is 0 Å². The van der Waals surface area contributed by atoms with E-state index < -0.39 is 8.25 Å². The van der Waals surface area contributed by atoms with Crippen LogP contribution in [0, 0.1) is 0 Å². The molecule has 0 aromatic carbocycles. The van der Waals surface area contributed by atoms with Gasteiger partial charge in [0.15, 0.2) is 0 Å². The normalized spacial score (nSPS) is 8.22. The van der Waals surface area contributed by atoms with Crippen LogP contribution in [0.5, 0.6) is 0 Å². The molecule has 0 aliphatic heterocycles. The minimum absolute atomic E-state index is 0.551. The second kappa shape index (κ2) is 8.46. The third-order valence-electron chi connectivity index (χ3n) is 0.218. The fraction of sp³-hybridized carbons (Fsp3) is 1.00. The lowest BCUT2D eigenvalue weighted by Crippen LogP contribution is -2.08. The van der Waals surface area contributed by atoms with Gasteiger partial charge in [-0.1, -0.05) is 0 Å². The molecule has 0 fully saturated rings. The summed E-state index contributed by atoms with van der Waals surface area (Å²) in [6.45, 7) is 4.13. The van der Waals surface area contributed by atoms with Gasteiger partial charge in [0.25, 0.3) is 0 Å². The van der Waals surface area contributed by atoms with Gasteiger partial charge in [0, 0.05) is 26.8 Å². The Kier molecular flexibility index (Phi) is 11.4. The van der Waals surface area contributed by atoms with Crippen molar-refractivity contribution in [2.45, 2.75) is 19.9 Å². The molecule has 0 unspecified atom stereocenters. The molecule has 0 spiro atoms. The predicted molar refractivity (Wildman–Crippen MR) is 39.2 cm³/mol. The maximum Gasteiger partial charge on any atom is 0.692 e. The largest absolute Gasteiger partial charge is 0.692 e. The molecule has 0 saturated heterocycles. The second-order valence-electron chi connectivity index (χ2n) is 1.52. The lowest BCUT2D eigenvalue weighted by molar-refractivity contribution is 0.405. The Hall–Kier alpha value is 0.460. The van der Waals surface area contributed by atoms with Gasteiger partial charge in [0.1, 0.15) is 0 Å². The van der Waals surface area contributed by atoms with Crippen molar-refractivity contribution in [2.75, 3.05) is 0 Å². The Balaban J connectivity index is 0. The summed E-state index contributed by atoms with van der Waals surface area (Å²) < 4.78 is 11.5. The minimum Gasteiger partial charge on any atom is -0.253 e. The summed E-state index contributed by atoms with van der Waals surface area (Å²) in [5, 5.41) is 0. The van der Waals surface area contributed by atoms with Gasteiger partial charge in [0.05, 0.1) is 0 Å². The second-order valence-corrected chi connectivity index (χ2v) is 2.48. The van der Waals surface area contributed by atoms with E-state index in [0.717, 1.165) is 0 Å². The first-order valence-corrected chi connectivity index (χ1v) is 4.17. The molecule has 0 aliphatic carbocycles. The molecule has 0 atom stereocenters. The molecule has 56 valence electrons. The van der Waals surface area contributed by atoms with Crippen LogP contribution in [-0.4, -0.2) is 15.8 Å². The van der Waals surface area contributed by atoms with Crippen LogP contribution in [0.15, 0.2) is 0 Å². The highest BCUT2D eigenvalue weighted by molar-refractivity contribution is 9.08. The van der Waals surface area contributed by atoms with Gasteiger partial charge in [-0.15, -0.1) is 9.79 Å². The zero-order chi connectivity index (χ0) is 7.86. The Bertz CT molecular complexity index is 75.5. The monoisotopic (exact) mass is 218 g/mol. The quantitative estimate of drug-likeness (QED) is 0.453. The fourth-order valence-electron chi connectivity index (χ4n) is 0. The SMILES string of the molecule is CC(C)NBr.O=[P+](O)O. The summed E-state index contributed by atoms with van der Waals surface area (Å²) in [6.07, 6.45) is 0. The van der Waals surface area contributed by atoms with Crippen LogP contribution in [0.1, 0.15) is 13.8 Å². The first kappa shape index (κ1) is 12.2. The van der Waals surface area contributed by atoms with E-state index in [2.05, 4.69) is 34.3 Å². The van der Waals surface area contributed by atoms with E-state index in [1.165, 1.54) is 0 Å². The third kappa shape index (κ3) is 58.3. The van der Waals surface area contributed by atoms with E-state index in [9.17, 15) is 0 Å². The van der Waals surface area contributed by atoms with Crippen LogP contribution < -0.4 is 4.34 Å². The molecule has 0 aliphatic rings. The van der Waals surface area contributed by atoms with Crippen LogP contribution in [0.3, 0.4) is 0 Å². The van der Waals surface area contributed by atoms with Gasteiger partial charge in [-0.3, -0.25) is 4.34 Å². The van der Waals surface area contributed by atoms with Crippen molar-refractivity contribution in [2.24, 2.45) is 0 Å². The molecule has 0 aromatic heterocycles. The van der Waals surface area contributed by atoms with Crippen molar-refractivity contribution in [3.63, 3.8) is 0 Å². The molecule has 9 heavy (non-hydrogen) atoms. The molecule has 3 N–H and O–H groups in total. The average molecular weight is 219 g/mol. The highest BCUT2D eigenvalue weighted by Crippen LogP contribution is 1.98. The number of nitrogens with one attached hydrogen (secondary N) is 1. The molecule has 0 radical (unpaired) electrons. The van der Waals surface area contributed by atoms with Gasteiger partial charge >= 0.3 is 8.25 Å². The summed E-state index contributed by atoms with van der Waals surface area (Å²) in [5.41, 5.74) is 0. The summed E-state index contributed by atoms with van der Waals surface area (Å²) in [6, 6.07) is 0.551. The summed E-state index contributed by atoms with van der Waals surface area (Å²) in [4.78, 5) is 14.2. The fourth-order valence-corrected chi connectivity index (χ4v) is 0. The first-order chi connectivity index (χ1) is 4.00. The van der Waals surface area contributed by atoms with Crippen molar-refractivity contribution in [3.8, 4) is 0 Å². The zero-order valence-corrected chi connectivity index (χ0v) is 7.69. The van der Waals surface area contributed by atoms with Gasteiger partial charge in [-0.25, -0.2) is 0 Å². The molecule has 0 aromatic rings. The summed E-state index contributed by atoms with van der Waals surface area (Å²) >= 11 is 3.06. The van der Waals surface area contributed by atoms with E-state index in [0.29, 0.717) is 6.04 Å². The molecule has 0 saturated carbocycles. The highest BCUT2D eigenvalue weighted by Gasteiger charge is 1.93. The molecule has 6 heteroatoms. The van der Waals surface area contributed by atoms with Crippen molar-refractivity contribution in [1.82, 2.24) is 4.34 Å².